The van der Waals surface area contributed by atoms with Crippen LogP contribution in [0.15, 0.2) is 54.3 Å². The molecule has 0 radical (unpaired) electrons. The number of Topliss-reactive ketones (excluding diaryl/α,β-unsaturated/α-hetero) is 1. The monoisotopic (exact) mass is 362 g/mol. The second-order valence-electron chi connectivity index (χ2n) is 7.92. The Morgan fingerprint density at radius 3 is 2.56 bits per heavy atom. The van der Waals surface area contributed by atoms with Gasteiger partial charge in [-0.3, -0.25) is 24.5 Å². The van der Waals surface area contributed by atoms with Crippen LogP contribution in [0.3, 0.4) is 0 Å². The highest BCUT2D eigenvalue weighted by Gasteiger charge is 2.42. The predicted molar refractivity (Wildman–Crippen MR) is 103 cm³/mol. The third-order valence-electron chi connectivity index (χ3n) is 5.16. The molecule has 1 atom stereocenters. The van der Waals surface area contributed by atoms with Gasteiger partial charge in [0.1, 0.15) is 0 Å². The van der Waals surface area contributed by atoms with Crippen molar-refractivity contribution in [3.05, 3.63) is 59.8 Å². The van der Waals surface area contributed by atoms with Gasteiger partial charge in [0.05, 0.1) is 23.6 Å². The number of nitrogens with one attached hydrogen (secondary N) is 1. The highest BCUT2D eigenvalue weighted by atomic mass is 16.2. The number of pyridine rings is 2. The summed E-state index contributed by atoms with van der Waals surface area (Å²) in [5.41, 5.74) is 3.72. The van der Waals surface area contributed by atoms with E-state index in [0.29, 0.717) is 12.0 Å². The van der Waals surface area contributed by atoms with E-state index in [2.05, 4.69) is 29.1 Å². The van der Waals surface area contributed by atoms with Gasteiger partial charge in [0.2, 0.25) is 5.91 Å². The summed E-state index contributed by atoms with van der Waals surface area (Å²) in [4.78, 5) is 36.0. The molecular weight excluding hydrogens is 340 g/mol. The maximum absolute atomic E-state index is 13.2. The highest BCUT2D eigenvalue weighted by Crippen LogP contribution is 2.47. The van der Waals surface area contributed by atoms with Crippen molar-refractivity contribution in [2.24, 2.45) is 5.41 Å². The Labute approximate surface area is 158 Å². The molecule has 138 valence electrons. The lowest BCUT2D eigenvalue weighted by Crippen LogP contribution is -2.38. The molecule has 4 rings (SSSR count). The van der Waals surface area contributed by atoms with Crippen molar-refractivity contribution in [1.82, 2.24) is 9.97 Å². The largest absolute Gasteiger partial charge is 0.356 e. The molecule has 6 nitrogen and oxygen atoms in total. The zero-order valence-electron chi connectivity index (χ0n) is 15.7. The summed E-state index contributed by atoms with van der Waals surface area (Å²) in [5.74, 6) is -0.0555. The Kier molecular flexibility index (Phi) is 4.06. The Bertz CT molecular complexity index is 950. The average Bonchev–Trinajstić information content (AvgIpc) is 2.75. The molecule has 1 N–H and O–H groups in total. The van der Waals surface area contributed by atoms with Gasteiger partial charge < -0.3 is 5.32 Å². The van der Waals surface area contributed by atoms with E-state index >= 15 is 0 Å². The van der Waals surface area contributed by atoms with Crippen LogP contribution >= 0.6 is 0 Å². The number of aromatic nitrogens is 2. The van der Waals surface area contributed by atoms with Gasteiger partial charge in [-0.05, 0) is 35.6 Å². The Morgan fingerprint density at radius 2 is 1.85 bits per heavy atom. The van der Waals surface area contributed by atoms with E-state index in [1.54, 1.807) is 29.7 Å². The number of allylic oxidation sites excluding steroid dienone is 1. The normalized spacial score (nSPS) is 21.1. The fourth-order valence-electron chi connectivity index (χ4n) is 4.10. The average molecular weight is 362 g/mol. The lowest BCUT2D eigenvalue weighted by atomic mass is 9.73. The van der Waals surface area contributed by atoms with Crippen LogP contribution in [0.2, 0.25) is 0 Å². The number of anilines is 2. The summed E-state index contributed by atoms with van der Waals surface area (Å²) in [5, 5.41) is 3.42. The van der Waals surface area contributed by atoms with Gasteiger partial charge >= 0.3 is 0 Å². The summed E-state index contributed by atoms with van der Waals surface area (Å²) in [6.07, 6.45) is 7.94. The second kappa shape index (κ2) is 6.30. The predicted octanol–water partition coefficient (Wildman–Crippen LogP) is 3.64. The van der Waals surface area contributed by atoms with Crippen LogP contribution < -0.4 is 10.2 Å². The third-order valence-corrected chi connectivity index (χ3v) is 5.16. The molecule has 0 spiro atoms. The number of carbonyl (C=O) groups excluding carboxylic acids is 2. The molecule has 0 aromatic carbocycles. The number of hydrogen-bond acceptors (Lipinski definition) is 5. The highest BCUT2D eigenvalue weighted by molar-refractivity contribution is 6.05. The molecule has 0 fully saturated rings. The molecule has 27 heavy (non-hydrogen) atoms. The van der Waals surface area contributed by atoms with Gasteiger partial charge in [0.15, 0.2) is 5.78 Å². The zero-order chi connectivity index (χ0) is 19.2. The van der Waals surface area contributed by atoms with Crippen molar-refractivity contribution in [1.29, 1.82) is 0 Å². The molecule has 0 saturated heterocycles. The standard InChI is InChI=1S/C21H22N4O2/c1-13(26)25-17-6-9-23-12-16(17)24-15-10-21(2,3)11-18(27)19(15)20(25)14-4-7-22-8-5-14/h4-9,12,20,24H,10-11H2,1-3H3. The first-order chi connectivity index (χ1) is 12.9. The summed E-state index contributed by atoms with van der Waals surface area (Å²) < 4.78 is 0. The Morgan fingerprint density at radius 1 is 1.15 bits per heavy atom. The van der Waals surface area contributed by atoms with Crippen molar-refractivity contribution in [3.8, 4) is 0 Å². The van der Waals surface area contributed by atoms with Crippen molar-refractivity contribution < 1.29 is 9.59 Å². The molecule has 1 unspecified atom stereocenters. The zero-order valence-corrected chi connectivity index (χ0v) is 15.7. The smallest absolute Gasteiger partial charge is 0.224 e. The summed E-state index contributed by atoms with van der Waals surface area (Å²) >= 11 is 0. The van der Waals surface area contributed by atoms with E-state index < -0.39 is 6.04 Å². The minimum absolute atomic E-state index is 0.0718. The first-order valence-electron chi connectivity index (χ1n) is 9.04. The molecule has 6 heteroatoms. The molecular formula is C21H22N4O2. The number of ketones is 1. The van der Waals surface area contributed by atoms with E-state index in [1.165, 1.54) is 6.92 Å². The Balaban J connectivity index is 2.01. The van der Waals surface area contributed by atoms with Crippen LogP contribution in [0, 0.1) is 5.41 Å². The molecule has 1 amide bonds. The molecule has 2 aromatic rings. The molecule has 3 heterocycles. The molecule has 2 aromatic heterocycles. The van der Waals surface area contributed by atoms with Crippen molar-refractivity contribution >= 4 is 23.1 Å². The lowest BCUT2D eigenvalue weighted by Gasteiger charge is -2.36. The maximum Gasteiger partial charge on any atom is 0.224 e. The van der Waals surface area contributed by atoms with E-state index in [1.807, 2.05) is 18.2 Å². The number of fused-ring (bicyclic) bond motifs is 1. The SMILES string of the molecule is CC(=O)N1c2ccncc2NC2=C(C(=O)CC(C)(C)C2)C1c1ccncc1. The third kappa shape index (κ3) is 3.01. The fraction of sp³-hybridized carbons (Fsp3) is 0.333. The van der Waals surface area contributed by atoms with E-state index in [9.17, 15) is 9.59 Å². The molecule has 0 saturated carbocycles. The van der Waals surface area contributed by atoms with E-state index in [0.717, 1.165) is 29.1 Å². The quantitative estimate of drug-likeness (QED) is 0.838. The van der Waals surface area contributed by atoms with Gasteiger partial charge in [-0.2, -0.15) is 0 Å². The van der Waals surface area contributed by atoms with Gasteiger partial charge in [-0.15, -0.1) is 0 Å². The second-order valence-corrected chi connectivity index (χ2v) is 7.92. The topological polar surface area (TPSA) is 75.2 Å². The van der Waals surface area contributed by atoms with Crippen LogP contribution in [0.5, 0.6) is 0 Å². The summed E-state index contributed by atoms with van der Waals surface area (Å²) in [7, 11) is 0. The molecule has 1 aliphatic carbocycles. The number of nitrogens with zero attached hydrogens (tertiary/aromatic N) is 3. The van der Waals surface area contributed by atoms with Crippen LogP contribution in [-0.2, 0) is 9.59 Å². The van der Waals surface area contributed by atoms with Crippen LogP contribution in [0.4, 0.5) is 11.4 Å². The first kappa shape index (κ1) is 17.4. The summed E-state index contributed by atoms with van der Waals surface area (Å²) in [6, 6.07) is 5.06. The van der Waals surface area contributed by atoms with Crippen LogP contribution in [0.1, 0.15) is 45.2 Å². The van der Waals surface area contributed by atoms with Crippen molar-refractivity contribution in [2.75, 3.05) is 10.2 Å². The number of carbonyl (C=O) groups is 2. The molecule has 0 bridgehead atoms. The van der Waals surface area contributed by atoms with Gasteiger partial charge in [-0.1, -0.05) is 13.8 Å². The first-order valence-corrected chi connectivity index (χ1v) is 9.04. The maximum atomic E-state index is 13.2. The Hall–Kier alpha value is -3.02. The van der Waals surface area contributed by atoms with Gasteiger partial charge in [0.25, 0.3) is 0 Å². The van der Waals surface area contributed by atoms with Crippen molar-refractivity contribution in [2.45, 2.75) is 39.7 Å². The van der Waals surface area contributed by atoms with Crippen LogP contribution in [-0.4, -0.2) is 21.7 Å². The number of amides is 1. The summed E-state index contributed by atoms with van der Waals surface area (Å²) in [6.45, 7) is 5.71. The lowest BCUT2D eigenvalue weighted by molar-refractivity contribution is -0.118. The van der Waals surface area contributed by atoms with E-state index in [4.69, 9.17) is 0 Å². The number of hydrogen-bond donors (Lipinski definition) is 1. The fourth-order valence-corrected chi connectivity index (χ4v) is 4.10. The van der Waals surface area contributed by atoms with E-state index in [-0.39, 0.29) is 17.1 Å². The van der Waals surface area contributed by atoms with Crippen molar-refractivity contribution in [3.63, 3.8) is 0 Å². The molecule has 2 aliphatic rings. The molecule has 1 aliphatic heterocycles. The minimum Gasteiger partial charge on any atom is -0.356 e. The van der Waals surface area contributed by atoms with Crippen LogP contribution in [0.25, 0.3) is 0 Å². The minimum atomic E-state index is -0.486. The van der Waals surface area contributed by atoms with Gasteiger partial charge in [-0.25, -0.2) is 0 Å². The number of rotatable bonds is 1. The van der Waals surface area contributed by atoms with Gasteiger partial charge in [0, 0.05) is 43.2 Å².